The van der Waals surface area contributed by atoms with Crippen molar-refractivity contribution in [1.29, 1.82) is 0 Å². The second kappa shape index (κ2) is 38.9. The Hall–Kier alpha value is -1.56. The van der Waals surface area contributed by atoms with E-state index in [1.165, 1.54) is 116 Å². The Kier molecular flexibility index (Phi) is 36.6. The number of ether oxygens (including phenoxy) is 3. The Morgan fingerprint density at radius 1 is 0.508 bits per heavy atom. The van der Waals surface area contributed by atoms with E-state index < -0.39 is 62.9 Å². The Balaban J connectivity index is 2.91. The molecular formula is C48H90NO11P-2. The first kappa shape index (κ1) is 57.5. The molecule has 1 rings (SSSR count). The summed E-state index contributed by atoms with van der Waals surface area (Å²) < 4.78 is 34.2. The Labute approximate surface area is 371 Å². The van der Waals surface area contributed by atoms with E-state index in [2.05, 4.69) is 26.1 Å². The minimum atomic E-state index is -5.69. The molecule has 360 valence electrons. The summed E-state index contributed by atoms with van der Waals surface area (Å²) in [5, 5.41) is 13.0. The second-order valence-corrected chi connectivity index (χ2v) is 18.7. The molecule has 13 heteroatoms. The number of aliphatic hydroxyl groups is 1. The number of carbonyl (C=O) groups excluding carboxylic acids is 3. The molecule has 2 N–H and O–H groups in total. The van der Waals surface area contributed by atoms with Crippen molar-refractivity contribution in [3.63, 3.8) is 0 Å². The van der Waals surface area contributed by atoms with Gasteiger partial charge >= 0.3 is 11.9 Å². The quantitative estimate of drug-likeness (QED) is 0.0338. The lowest BCUT2D eigenvalue weighted by Gasteiger charge is -2.47. The van der Waals surface area contributed by atoms with Crippen LogP contribution >= 0.6 is 7.82 Å². The van der Waals surface area contributed by atoms with Crippen molar-refractivity contribution < 1.29 is 52.6 Å². The van der Waals surface area contributed by atoms with Crippen LogP contribution in [0.1, 0.15) is 252 Å². The zero-order valence-electron chi connectivity index (χ0n) is 39.0. The molecular weight excluding hydrogens is 797 g/mol. The molecule has 0 aromatic rings. The van der Waals surface area contributed by atoms with Crippen molar-refractivity contribution in [2.45, 2.75) is 283 Å². The summed E-state index contributed by atoms with van der Waals surface area (Å²) in [7, 11) is -5.69. The predicted octanol–water partition coefficient (Wildman–Crippen LogP) is 11.0. The Morgan fingerprint density at radius 3 is 1.15 bits per heavy atom. The summed E-state index contributed by atoms with van der Waals surface area (Å²) in [6.45, 7) is 5.88. The number of nitrogens with one attached hydrogen (secondary N) is 1. The number of hydrogen-bond acceptors (Lipinski definition) is 11. The summed E-state index contributed by atoms with van der Waals surface area (Å²) in [6.07, 6.45) is 30.5. The lowest BCUT2D eigenvalue weighted by atomic mass is 9.95. The fraction of sp³-hybridized carbons (Fsp3) is 0.938. The average Bonchev–Trinajstić information content (AvgIpc) is 3.22. The van der Waals surface area contributed by atoms with Gasteiger partial charge < -0.3 is 43.5 Å². The SMILES string of the molecule is CCCCCCCCCCCCCC(=O)N[C@H]1[C@@H](OP(=O)([O-])[O-])O[C@H](CO)[C@@H](OC(=O)CCCCCCCCCCCCC)[C@@H]1OC(=O)CCCCCCCCCCCCC. The molecule has 0 bridgehead atoms. The highest BCUT2D eigenvalue weighted by Gasteiger charge is 2.51. The van der Waals surface area contributed by atoms with E-state index in [0.29, 0.717) is 19.3 Å². The molecule has 1 heterocycles. The standard InChI is InChI=1S/C48H92NO11P/c1-4-7-10-13-16-19-22-25-28-31-34-37-42(51)49-45-47(59-44(53)39-36-33-30-27-24-21-18-15-12-9-6-3)46(41(40-50)57-48(45)60-61(54,55)56)58-43(52)38-35-32-29-26-23-20-17-14-11-8-5-2/h41,45-48,50H,4-40H2,1-3H3,(H,49,51)(H2,54,55,56)/p-2/t41-,45-,46-,47-,48-/m1/s1. The van der Waals surface area contributed by atoms with Crippen LogP contribution in [0.3, 0.4) is 0 Å². The van der Waals surface area contributed by atoms with Gasteiger partial charge in [0.2, 0.25) is 5.91 Å². The van der Waals surface area contributed by atoms with E-state index in [0.717, 1.165) is 77.0 Å². The van der Waals surface area contributed by atoms with Crippen molar-refractivity contribution in [2.75, 3.05) is 6.61 Å². The lowest BCUT2D eigenvalue weighted by molar-refractivity contribution is -0.362. The number of esters is 2. The average molecular weight is 888 g/mol. The first-order valence-corrected chi connectivity index (χ1v) is 26.7. The largest absolute Gasteiger partial charge is 0.790 e. The normalized spacial score (nSPS) is 19.2. The molecule has 0 spiro atoms. The molecule has 0 radical (unpaired) electrons. The number of carbonyl (C=O) groups is 3. The number of amides is 1. The highest BCUT2D eigenvalue weighted by atomic mass is 31.2. The monoisotopic (exact) mass is 888 g/mol. The lowest BCUT2D eigenvalue weighted by Crippen LogP contribution is -2.66. The van der Waals surface area contributed by atoms with Crippen LogP contribution in [0.25, 0.3) is 0 Å². The van der Waals surface area contributed by atoms with Gasteiger partial charge in [0, 0.05) is 19.3 Å². The van der Waals surface area contributed by atoms with Gasteiger partial charge in [0.05, 0.1) is 14.4 Å². The molecule has 0 aliphatic carbocycles. The fourth-order valence-electron chi connectivity index (χ4n) is 8.20. The Morgan fingerprint density at radius 2 is 0.820 bits per heavy atom. The third-order valence-corrected chi connectivity index (χ3v) is 12.4. The maximum absolute atomic E-state index is 13.4. The fourth-order valence-corrected chi connectivity index (χ4v) is 8.63. The summed E-state index contributed by atoms with van der Waals surface area (Å²) in [5.41, 5.74) is 0. The van der Waals surface area contributed by atoms with E-state index in [4.69, 9.17) is 18.7 Å². The molecule has 0 aromatic heterocycles. The van der Waals surface area contributed by atoms with Crippen molar-refractivity contribution in [3.05, 3.63) is 0 Å². The van der Waals surface area contributed by atoms with Gasteiger partial charge in [-0.15, -0.1) is 0 Å². The number of rotatable bonds is 42. The summed E-state index contributed by atoms with van der Waals surface area (Å²) in [5.74, 6) is -1.72. The second-order valence-electron chi connectivity index (χ2n) is 17.6. The molecule has 1 aliphatic rings. The number of unbranched alkanes of at least 4 members (excludes halogenated alkanes) is 30. The highest BCUT2D eigenvalue weighted by Crippen LogP contribution is 2.36. The molecule has 1 amide bonds. The van der Waals surface area contributed by atoms with E-state index in [-0.39, 0.29) is 19.3 Å². The van der Waals surface area contributed by atoms with Gasteiger partial charge in [0.1, 0.15) is 12.1 Å². The van der Waals surface area contributed by atoms with E-state index in [1.54, 1.807) is 0 Å². The Bertz CT molecular complexity index is 1120. The highest BCUT2D eigenvalue weighted by molar-refractivity contribution is 7.43. The van der Waals surface area contributed by atoms with Crippen molar-refractivity contribution in [3.8, 4) is 0 Å². The minimum Gasteiger partial charge on any atom is -0.790 e. The summed E-state index contributed by atoms with van der Waals surface area (Å²) >= 11 is 0. The maximum Gasteiger partial charge on any atom is 0.306 e. The number of aliphatic hydroxyl groups excluding tert-OH is 1. The molecule has 1 saturated heterocycles. The summed E-state index contributed by atoms with van der Waals surface area (Å²) in [6, 6.07) is -1.50. The van der Waals surface area contributed by atoms with Crippen LogP contribution in [-0.2, 0) is 37.7 Å². The molecule has 1 fully saturated rings. The van der Waals surface area contributed by atoms with Gasteiger partial charge in [0.15, 0.2) is 18.5 Å². The van der Waals surface area contributed by atoms with Crippen molar-refractivity contribution >= 4 is 25.7 Å². The molecule has 5 atom stereocenters. The third-order valence-electron chi connectivity index (χ3n) is 11.9. The first-order valence-electron chi connectivity index (χ1n) is 25.2. The van der Waals surface area contributed by atoms with Crippen molar-refractivity contribution in [1.82, 2.24) is 5.32 Å². The number of hydrogen-bond donors (Lipinski definition) is 2. The van der Waals surface area contributed by atoms with Crippen molar-refractivity contribution in [2.24, 2.45) is 0 Å². The number of phosphoric acid groups is 1. The third kappa shape index (κ3) is 31.9. The van der Waals surface area contributed by atoms with E-state index in [9.17, 15) is 33.8 Å². The van der Waals surface area contributed by atoms with Crippen LogP contribution in [0.15, 0.2) is 0 Å². The van der Waals surface area contributed by atoms with Crippen LogP contribution in [0.5, 0.6) is 0 Å². The van der Waals surface area contributed by atoms with Gasteiger partial charge in [-0.05, 0) is 19.3 Å². The molecule has 12 nitrogen and oxygen atoms in total. The molecule has 0 saturated carbocycles. The van der Waals surface area contributed by atoms with Gasteiger partial charge in [-0.3, -0.25) is 14.4 Å². The van der Waals surface area contributed by atoms with Crippen LogP contribution in [-0.4, -0.2) is 60.2 Å². The topological polar surface area (TPSA) is 184 Å². The smallest absolute Gasteiger partial charge is 0.306 e. The maximum atomic E-state index is 13.4. The number of phosphoric ester groups is 1. The molecule has 0 unspecified atom stereocenters. The van der Waals surface area contributed by atoms with Crippen LogP contribution in [0.2, 0.25) is 0 Å². The zero-order chi connectivity index (χ0) is 44.8. The predicted molar refractivity (Wildman–Crippen MR) is 239 cm³/mol. The minimum absolute atomic E-state index is 0.0457. The van der Waals surface area contributed by atoms with Gasteiger partial charge in [-0.1, -0.05) is 213 Å². The molecule has 61 heavy (non-hydrogen) atoms. The van der Waals surface area contributed by atoms with E-state index in [1.807, 2.05) is 0 Å². The van der Waals surface area contributed by atoms with E-state index >= 15 is 0 Å². The zero-order valence-corrected chi connectivity index (χ0v) is 39.9. The van der Waals surface area contributed by atoms with Crippen LogP contribution in [0, 0.1) is 0 Å². The molecule has 0 aromatic carbocycles. The van der Waals surface area contributed by atoms with Crippen LogP contribution < -0.4 is 15.1 Å². The first-order chi connectivity index (χ1) is 29.6. The van der Waals surface area contributed by atoms with Gasteiger partial charge in [0.25, 0.3) is 0 Å². The van der Waals surface area contributed by atoms with Gasteiger partial charge in [-0.2, -0.15) is 0 Å². The summed E-state index contributed by atoms with van der Waals surface area (Å²) in [4.78, 5) is 63.8. The van der Waals surface area contributed by atoms with Gasteiger partial charge in [-0.25, -0.2) is 0 Å². The van der Waals surface area contributed by atoms with Crippen LogP contribution in [0.4, 0.5) is 0 Å². The molecule has 1 aliphatic heterocycles.